The van der Waals surface area contributed by atoms with Crippen LogP contribution in [0.1, 0.15) is 30.9 Å². The lowest BCUT2D eigenvalue weighted by atomic mass is 9.83. The molecule has 0 saturated heterocycles. The van der Waals surface area contributed by atoms with E-state index in [1.807, 2.05) is 19.0 Å². The molecule has 0 radical (unpaired) electrons. The molecule has 0 amide bonds. The molecule has 6 nitrogen and oxygen atoms in total. The molecule has 1 aromatic heterocycles. The van der Waals surface area contributed by atoms with Gasteiger partial charge < -0.3 is 14.2 Å². The van der Waals surface area contributed by atoms with Gasteiger partial charge in [-0.3, -0.25) is 9.59 Å². The monoisotopic (exact) mass is 384 g/mol. The fourth-order valence-corrected chi connectivity index (χ4v) is 3.66. The summed E-state index contributed by atoms with van der Waals surface area (Å²) in [6, 6.07) is 6.65. The zero-order chi connectivity index (χ0) is 19.8. The Kier molecular flexibility index (Phi) is 4.85. The summed E-state index contributed by atoms with van der Waals surface area (Å²) in [5, 5.41) is 5.74. The van der Waals surface area contributed by atoms with Crippen LogP contribution in [0.25, 0.3) is 21.7 Å². The SMILES string of the molecule is CN(C)CCOc1ccc2c(ccc3onc(C4CCC(=O)CC4=O)c32)c1F. The van der Waals surface area contributed by atoms with E-state index in [0.717, 1.165) is 0 Å². The summed E-state index contributed by atoms with van der Waals surface area (Å²) in [7, 11) is 3.84. The summed E-state index contributed by atoms with van der Waals surface area (Å²) in [6.07, 6.45) is 0.666. The summed E-state index contributed by atoms with van der Waals surface area (Å²) in [6.45, 7) is 1.05. The van der Waals surface area contributed by atoms with Crippen molar-refractivity contribution < 1.29 is 23.2 Å². The van der Waals surface area contributed by atoms with Crippen molar-refractivity contribution in [3.8, 4) is 5.75 Å². The van der Waals surface area contributed by atoms with Crippen LogP contribution < -0.4 is 4.74 Å². The van der Waals surface area contributed by atoms with Gasteiger partial charge in [-0.2, -0.15) is 0 Å². The molecule has 0 N–H and O–H groups in total. The molecule has 146 valence electrons. The van der Waals surface area contributed by atoms with E-state index in [2.05, 4.69) is 5.16 Å². The van der Waals surface area contributed by atoms with Crippen LogP contribution in [0.15, 0.2) is 28.8 Å². The van der Waals surface area contributed by atoms with E-state index in [1.54, 1.807) is 24.3 Å². The number of halogens is 1. The molecule has 2 aromatic carbocycles. The second kappa shape index (κ2) is 7.31. The smallest absolute Gasteiger partial charge is 0.172 e. The first-order valence-corrected chi connectivity index (χ1v) is 9.28. The first kappa shape index (κ1) is 18.6. The second-order valence-electron chi connectivity index (χ2n) is 7.40. The predicted molar refractivity (Wildman–Crippen MR) is 102 cm³/mol. The van der Waals surface area contributed by atoms with Gasteiger partial charge in [0.25, 0.3) is 0 Å². The number of benzene rings is 2. The van der Waals surface area contributed by atoms with Crippen LogP contribution in [-0.2, 0) is 9.59 Å². The quantitative estimate of drug-likeness (QED) is 0.627. The molecule has 1 unspecified atom stereocenters. The Morgan fingerprint density at radius 3 is 2.75 bits per heavy atom. The molecule has 4 rings (SSSR count). The van der Waals surface area contributed by atoms with Gasteiger partial charge in [-0.15, -0.1) is 0 Å². The third kappa shape index (κ3) is 3.26. The van der Waals surface area contributed by atoms with Crippen LogP contribution in [0.2, 0.25) is 0 Å². The minimum atomic E-state index is -0.497. The number of aromatic nitrogens is 1. The van der Waals surface area contributed by atoms with Crippen LogP contribution in [0.3, 0.4) is 0 Å². The first-order chi connectivity index (χ1) is 13.5. The van der Waals surface area contributed by atoms with Crippen LogP contribution in [0.4, 0.5) is 4.39 Å². The van der Waals surface area contributed by atoms with Crippen LogP contribution in [0, 0.1) is 5.82 Å². The molecule has 1 heterocycles. The van der Waals surface area contributed by atoms with Crippen molar-refractivity contribution in [2.45, 2.75) is 25.2 Å². The molecular formula is C21H21FN2O4. The molecule has 1 saturated carbocycles. The topological polar surface area (TPSA) is 72.6 Å². The van der Waals surface area contributed by atoms with Gasteiger partial charge >= 0.3 is 0 Å². The number of fused-ring (bicyclic) bond motifs is 3. The molecule has 0 bridgehead atoms. The number of Topliss-reactive ketones (excluding diaryl/α,β-unsaturated/α-hetero) is 2. The fourth-order valence-electron chi connectivity index (χ4n) is 3.66. The maximum Gasteiger partial charge on any atom is 0.172 e. The Morgan fingerprint density at radius 1 is 1.21 bits per heavy atom. The van der Waals surface area contributed by atoms with Gasteiger partial charge in [-0.1, -0.05) is 5.16 Å². The van der Waals surface area contributed by atoms with E-state index >= 15 is 4.39 Å². The standard InChI is InChI=1S/C21H21FN2O4/c1-24(2)9-10-27-18-8-5-13-14(20(18)22)6-7-17-19(13)21(23-28-17)15-4-3-12(25)11-16(15)26/h5-8,15H,3-4,9-11H2,1-2H3. The average molecular weight is 384 g/mol. The zero-order valence-electron chi connectivity index (χ0n) is 15.8. The number of ketones is 2. The van der Waals surface area contributed by atoms with E-state index in [1.165, 1.54) is 0 Å². The Hall–Kier alpha value is -2.80. The number of ether oxygens (including phenoxy) is 1. The van der Waals surface area contributed by atoms with Crippen molar-refractivity contribution in [2.24, 2.45) is 0 Å². The lowest BCUT2D eigenvalue weighted by Gasteiger charge is -2.18. The summed E-state index contributed by atoms with van der Waals surface area (Å²) in [5.74, 6) is -0.970. The fraction of sp³-hybridized carbons (Fsp3) is 0.381. The molecule has 3 aromatic rings. The highest BCUT2D eigenvalue weighted by Crippen LogP contribution is 2.38. The van der Waals surface area contributed by atoms with Crippen molar-refractivity contribution in [2.75, 3.05) is 27.2 Å². The highest BCUT2D eigenvalue weighted by atomic mass is 19.1. The number of hydrogen-bond donors (Lipinski definition) is 0. The molecule has 0 spiro atoms. The molecule has 0 aliphatic heterocycles. The molecule has 1 aliphatic carbocycles. The van der Waals surface area contributed by atoms with E-state index < -0.39 is 11.7 Å². The summed E-state index contributed by atoms with van der Waals surface area (Å²) in [5.41, 5.74) is 0.978. The van der Waals surface area contributed by atoms with Gasteiger partial charge in [0.2, 0.25) is 0 Å². The predicted octanol–water partition coefficient (Wildman–Crippen LogP) is 3.47. The molecule has 1 aliphatic rings. The summed E-state index contributed by atoms with van der Waals surface area (Å²) < 4.78 is 26.0. The van der Waals surface area contributed by atoms with Crippen LogP contribution in [0.5, 0.6) is 5.75 Å². The minimum absolute atomic E-state index is 0.0514. The number of carbonyl (C=O) groups is 2. The Balaban J connectivity index is 1.77. The van der Waals surface area contributed by atoms with E-state index in [9.17, 15) is 9.59 Å². The van der Waals surface area contributed by atoms with Gasteiger partial charge in [0, 0.05) is 18.4 Å². The number of hydrogen-bond acceptors (Lipinski definition) is 6. The average Bonchev–Trinajstić information content (AvgIpc) is 3.07. The summed E-state index contributed by atoms with van der Waals surface area (Å²) >= 11 is 0. The van der Waals surface area contributed by atoms with E-state index in [4.69, 9.17) is 9.26 Å². The number of likely N-dealkylation sites (N-methyl/N-ethyl adjacent to an activating group) is 1. The maximum absolute atomic E-state index is 15.0. The Labute approximate surface area is 161 Å². The third-order valence-corrected chi connectivity index (χ3v) is 5.16. The van der Waals surface area contributed by atoms with Gasteiger partial charge in [0.1, 0.15) is 23.9 Å². The van der Waals surface area contributed by atoms with Crippen molar-refractivity contribution in [1.29, 1.82) is 0 Å². The zero-order valence-corrected chi connectivity index (χ0v) is 15.8. The van der Waals surface area contributed by atoms with Gasteiger partial charge in [-0.25, -0.2) is 4.39 Å². The van der Waals surface area contributed by atoms with Gasteiger partial charge in [0.05, 0.1) is 17.7 Å². The lowest BCUT2D eigenvalue weighted by Crippen LogP contribution is -2.23. The van der Waals surface area contributed by atoms with Crippen molar-refractivity contribution in [1.82, 2.24) is 10.1 Å². The number of nitrogens with zero attached hydrogens (tertiary/aromatic N) is 2. The molecule has 1 fully saturated rings. The van der Waals surface area contributed by atoms with Gasteiger partial charge in [-0.05, 0) is 50.2 Å². The van der Waals surface area contributed by atoms with Crippen molar-refractivity contribution in [3.05, 3.63) is 35.8 Å². The molecule has 28 heavy (non-hydrogen) atoms. The first-order valence-electron chi connectivity index (χ1n) is 9.28. The lowest BCUT2D eigenvalue weighted by molar-refractivity contribution is -0.130. The van der Waals surface area contributed by atoms with E-state index in [0.29, 0.717) is 53.4 Å². The summed E-state index contributed by atoms with van der Waals surface area (Å²) in [4.78, 5) is 25.9. The molecule has 7 heteroatoms. The third-order valence-electron chi connectivity index (χ3n) is 5.16. The van der Waals surface area contributed by atoms with Crippen LogP contribution >= 0.6 is 0 Å². The number of rotatable bonds is 5. The second-order valence-corrected chi connectivity index (χ2v) is 7.40. The normalized spacial score (nSPS) is 17.8. The number of carbonyl (C=O) groups excluding carboxylic acids is 2. The largest absolute Gasteiger partial charge is 0.489 e. The Bertz CT molecular complexity index is 1070. The van der Waals surface area contributed by atoms with Crippen molar-refractivity contribution in [3.63, 3.8) is 0 Å². The Morgan fingerprint density at radius 2 is 2.00 bits per heavy atom. The highest BCUT2D eigenvalue weighted by Gasteiger charge is 2.32. The van der Waals surface area contributed by atoms with E-state index in [-0.39, 0.29) is 23.7 Å². The minimum Gasteiger partial charge on any atom is -0.489 e. The highest BCUT2D eigenvalue weighted by molar-refractivity contribution is 6.11. The van der Waals surface area contributed by atoms with Crippen LogP contribution in [-0.4, -0.2) is 48.9 Å². The van der Waals surface area contributed by atoms with Crippen molar-refractivity contribution >= 4 is 33.3 Å². The molecular weight excluding hydrogens is 363 g/mol. The molecule has 1 atom stereocenters. The van der Waals surface area contributed by atoms with Gasteiger partial charge in [0.15, 0.2) is 17.1 Å². The maximum atomic E-state index is 15.0.